The normalized spacial score (nSPS) is 39.4. The lowest BCUT2D eigenvalue weighted by Gasteiger charge is -2.36. The highest BCUT2D eigenvalue weighted by Gasteiger charge is 2.39. The summed E-state index contributed by atoms with van der Waals surface area (Å²) in [5.74, 6) is 2.02. The molecule has 2 N–H and O–H groups in total. The molecule has 0 radical (unpaired) electrons. The maximum Gasteiger partial charge on any atom is 0.225 e. The van der Waals surface area contributed by atoms with Crippen molar-refractivity contribution in [1.82, 2.24) is 4.90 Å². The number of nitrogens with two attached hydrogens (primary N) is 1. The molecule has 1 aliphatic heterocycles. The Labute approximate surface area is 123 Å². The van der Waals surface area contributed by atoms with Crippen molar-refractivity contribution in [2.45, 2.75) is 76.8 Å². The highest BCUT2D eigenvalue weighted by atomic mass is 16.2. The summed E-state index contributed by atoms with van der Waals surface area (Å²) in [5, 5.41) is 0. The van der Waals surface area contributed by atoms with Gasteiger partial charge in [0, 0.05) is 24.5 Å². The van der Waals surface area contributed by atoms with E-state index < -0.39 is 0 Å². The van der Waals surface area contributed by atoms with Gasteiger partial charge in [0.05, 0.1) is 0 Å². The van der Waals surface area contributed by atoms with E-state index >= 15 is 0 Å². The van der Waals surface area contributed by atoms with Crippen molar-refractivity contribution in [3.8, 4) is 0 Å². The molecule has 1 heterocycles. The van der Waals surface area contributed by atoms with Crippen molar-refractivity contribution < 1.29 is 4.79 Å². The first-order valence-electron chi connectivity index (χ1n) is 8.73. The second-order valence-electron chi connectivity index (χ2n) is 7.44. The minimum Gasteiger partial charge on any atom is -0.339 e. The molecule has 3 rings (SSSR count). The van der Waals surface area contributed by atoms with Gasteiger partial charge < -0.3 is 10.6 Å². The third kappa shape index (κ3) is 2.74. The highest BCUT2D eigenvalue weighted by Crippen LogP contribution is 2.37. The third-order valence-corrected chi connectivity index (χ3v) is 6.13. The summed E-state index contributed by atoms with van der Waals surface area (Å²) in [5.41, 5.74) is 6.19. The first-order valence-corrected chi connectivity index (χ1v) is 8.73. The molecule has 0 bridgehead atoms. The molecule has 3 nitrogen and oxygen atoms in total. The van der Waals surface area contributed by atoms with Gasteiger partial charge in [0.2, 0.25) is 5.91 Å². The summed E-state index contributed by atoms with van der Waals surface area (Å²) in [6.07, 6.45) is 11.0. The Morgan fingerprint density at radius 1 is 1.05 bits per heavy atom. The maximum atomic E-state index is 12.9. The SMILES string of the molecule is CC1CCC(C(=O)N2CCCC2C2CCCC2)CC1N. The predicted octanol–water partition coefficient (Wildman–Crippen LogP) is 2.93. The van der Waals surface area contributed by atoms with Crippen LogP contribution in [0.3, 0.4) is 0 Å². The molecule has 0 aromatic carbocycles. The molecule has 2 aliphatic carbocycles. The molecule has 4 atom stereocenters. The lowest BCUT2D eigenvalue weighted by Crippen LogP contribution is -2.46. The summed E-state index contributed by atoms with van der Waals surface area (Å²) >= 11 is 0. The molecule has 0 aromatic rings. The van der Waals surface area contributed by atoms with E-state index in [1.165, 1.54) is 38.5 Å². The van der Waals surface area contributed by atoms with E-state index in [9.17, 15) is 4.79 Å². The molecule has 3 heteroatoms. The molecule has 1 saturated heterocycles. The van der Waals surface area contributed by atoms with Crippen LogP contribution in [-0.4, -0.2) is 29.4 Å². The lowest BCUT2D eigenvalue weighted by molar-refractivity contribution is -0.138. The zero-order valence-electron chi connectivity index (χ0n) is 12.9. The van der Waals surface area contributed by atoms with Crippen molar-refractivity contribution in [1.29, 1.82) is 0 Å². The minimum atomic E-state index is 0.211. The monoisotopic (exact) mass is 278 g/mol. The number of hydrogen-bond donors (Lipinski definition) is 1. The van der Waals surface area contributed by atoms with Gasteiger partial charge in [-0.25, -0.2) is 0 Å². The van der Waals surface area contributed by atoms with E-state index in [0.717, 1.165) is 31.7 Å². The average molecular weight is 278 g/mol. The summed E-state index contributed by atoms with van der Waals surface area (Å²) in [6, 6.07) is 0.783. The molecule has 0 aromatic heterocycles. The van der Waals surface area contributed by atoms with Crippen molar-refractivity contribution in [3.05, 3.63) is 0 Å². The zero-order valence-corrected chi connectivity index (χ0v) is 12.9. The largest absolute Gasteiger partial charge is 0.339 e. The first kappa shape index (κ1) is 14.4. The summed E-state index contributed by atoms with van der Waals surface area (Å²) in [4.78, 5) is 15.1. The molecular formula is C17H30N2O. The van der Waals surface area contributed by atoms with Gasteiger partial charge in [0.25, 0.3) is 0 Å². The van der Waals surface area contributed by atoms with Gasteiger partial charge in [-0.3, -0.25) is 4.79 Å². The molecule has 2 saturated carbocycles. The van der Waals surface area contributed by atoms with Crippen LogP contribution in [0.4, 0.5) is 0 Å². The van der Waals surface area contributed by atoms with Crippen LogP contribution in [0.25, 0.3) is 0 Å². The Hall–Kier alpha value is -0.570. The fraction of sp³-hybridized carbons (Fsp3) is 0.941. The van der Waals surface area contributed by atoms with Gasteiger partial charge in [-0.1, -0.05) is 19.8 Å². The number of amides is 1. The van der Waals surface area contributed by atoms with Crippen LogP contribution >= 0.6 is 0 Å². The van der Waals surface area contributed by atoms with Crippen LogP contribution in [0.1, 0.15) is 64.7 Å². The number of carbonyl (C=O) groups excluding carboxylic acids is 1. The van der Waals surface area contributed by atoms with Crippen LogP contribution < -0.4 is 5.73 Å². The average Bonchev–Trinajstić information content (AvgIpc) is 3.10. The van der Waals surface area contributed by atoms with E-state index in [4.69, 9.17) is 5.73 Å². The number of rotatable bonds is 2. The second-order valence-corrected chi connectivity index (χ2v) is 7.44. The van der Waals surface area contributed by atoms with Crippen LogP contribution in [-0.2, 0) is 4.79 Å². The van der Waals surface area contributed by atoms with Crippen LogP contribution in [0, 0.1) is 17.8 Å². The summed E-state index contributed by atoms with van der Waals surface area (Å²) in [6.45, 7) is 3.23. The third-order valence-electron chi connectivity index (χ3n) is 6.13. The number of hydrogen-bond acceptors (Lipinski definition) is 2. The molecule has 114 valence electrons. The highest BCUT2D eigenvalue weighted by molar-refractivity contribution is 5.79. The number of likely N-dealkylation sites (tertiary alicyclic amines) is 1. The zero-order chi connectivity index (χ0) is 14.1. The van der Waals surface area contributed by atoms with E-state index in [0.29, 0.717) is 17.9 Å². The fourth-order valence-electron chi connectivity index (χ4n) is 4.71. The van der Waals surface area contributed by atoms with Crippen LogP contribution in [0.15, 0.2) is 0 Å². The lowest BCUT2D eigenvalue weighted by atomic mass is 9.79. The maximum absolute atomic E-state index is 12.9. The molecule has 1 amide bonds. The molecular weight excluding hydrogens is 248 g/mol. The Balaban J connectivity index is 1.63. The standard InChI is InChI=1S/C17H30N2O/c1-12-8-9-14(11-15(12)18)17(20)19-10-4-7-16(19)13-5-2-3-6-13/h12-16H,2-11,18H2,1H3. The van der Waals surface area contributed by atoms with E-state index in [1.807, 2.05) is 0 Å². The Morgan fingerprint density at radius 3 is 2.50 bits per heavy atom. The first-order chi connectivity index (χ1) is 9.66. The summed E-state index contributed by atoms with van der Waals surface area (Å²) < 4.78 is 0. The van der Waals surface area contributed by atoms with E-state index in [2.05, 4.69) is 11.8 Å². The summed E-state index contributed by atoms with van der Waals surface area (Å²) in [7, 11) is 0. The molecule has 0 spiro atoms. The molecule has 3 fully saturated rings. The van der Waals surface area contributed by atoms with Crippen molar-refractivity contribution in [2.75, 3.05) is 6.54 Å². The van der Waals surface area contributed by atoms with E-state index in [-0.39, 0.29) is 12.0 Å². The smallest absolute Gasteiger partial charge is 0.225 e. The quantitative estimate of drug-likeness (QED) is 0.844. The Kier molecular flexibility index (Phi) is 4.34. The second kappa shape index (κ2) is 6.05. The number of nitrogens with zero attached hydrogens (tertiary/aromatic N) is 1. The Bertz CT molecular complexity index is 351. The van der Waals surface area contributed by atoms with Crippen LogP contribution in [0.5, 0.6) is 0 Å². The number of carbonyl (C=O) groups is 1. The molecule has 20 heavy (non-hydrogen) atoms. The minimum absolute atomic E-state index is 0.211. The fourth-order valence-corrected chi connectivity index (χ4v) is 4.71. The predicted molar refractivity (Wildman–Crippen MR) is 81.2 cm³/mol. The van der Waals surface area contributed by atoms with Crippen molar-refractivity contribution >= 4 is 5.91 Å². The van der Waals surface area contributed by atoms with Gasteiger partial charge in [-0.2, -0.15) is 0 Å². The Morgan fingerprint density at radius 2 is 1.80 bits per heavy atom. The van der Waals surface area contributed by atoms with Gasteiger partial charge in [-0.15, -0.1) is 0 Å². The topological polar surface area (TPSA) is 46.3 Å². The van der Waals surface area contributed by atoms with Crippen LogP contribution in [0.2, 0.25) is 0 Å². The molecule has 4 unspecified atom stereocenters. The van der Waals surface area contributed by atoms with Gasteiger partial charge in [0.15, 0.2) is 0 Å². The molecule has 3 aliphatic rings. The van der Waals surface area contributed by atoms with E-state index in [1.54, 1.807) is 0 Å². The van der Waals surface area contributed by atoms with Gasteiger partial charge in [0.1, 0.15) is 0 Å². The van der Waals surface area contributed by atoms with Gasteiger partial charge in [-0.05, 0) is 56.8 Å². The van der Waals surface area contributed by atoms with Gasteiger partial charge >= 0.3 is 0 Å². The van der Waals surface area contributed by atoms with Crippen molar-refractivity contribution in [2.24, 2.45) is 23.5 Å². The van der Waals surface area contributed by atoms with Crippen molar-refractivity contribution in [3.63, 3.8) is 0 Å².